The van der Waals surface area contributed by atoms with Crippen LogP contribution < -0.4 is 15.0 Å². The van der Waals surface area contributed by atoms with Crippen molar-refractivity contribution < 1.29 is 24.2 Å². The Balaban J connectivity index is 1.88. The Kier molecular flexibility index (Phi) is 5.81. The van der Waals surface area contributed by atoms with Crippen LogP contribution in [0.2, 0.25) is 5.02 Å². The summed E-state index contributed by atoms with van der Waals surface area (Å²) < 4.78 is 5.32. The minimum Gasteiger partial charge on any atom is -0.482 e. The molecule has 1 aliphatic heterocycles. The lowest BCUT2D eigenvalue weighted by Gasteiger charge is -2.29. The Hall–Kier alpha value is -2.28. The molecule has 2 amide bonds. The summed E-state index contributed by atoms with van der Waals surface area (Å²) in [4.78, 5) is 35.6. The monoisotopic (exact) mass is 340 g/mol. The molecule has 2 rings (SSSR count). The predicted octanol–water partition coefficient (Wildman–Crippen LogP) is 1.44. The molecule has 0 aromatic heterocycles. The third kappa shape index (κ3) is 4.85. The maximum absolute atomic E-state index is 12.0. The van der Waals surface area contributed by atoms with Gasteiger partial charge in [0.05, 0.1) is 5.69 Å². The van der Waals surface area contributed by atoms with Crippen LogP contribution in [0.1, 0.15) is 19.3 Å². The molecule has 1 aliphatic rings. The average molecular weight is 341 g/mol. The molecule has 0 fully saturated rings. The zero-order valence-corrected chi connectivity index (χ0v) is 13.1. The Morgan fingerprint density at radius 2 is 2.13 bits per heavy atom. The fraction of sp³-hybridized carbons (Fsp3) is 0.400. The first-order valence-corrected chi connectivity index (χ1v) is 7.56. The number of carbonyl (C=O) groups excluding carboxylic acids is 2. The summed E-state index contributed by atoms with van der Waals surface area (Å²) in [5.41, 5.74) is 0.549. The number of nitrogens with one attached hydrogen (secondary N) is 1. The molecule has 7 nitrogen and oxygen atoms in total. The number of carboxylic acids is 1. The number of ether oxygens (including phenoxy) is 1. The zero-order chi connectivity index (χ0) is 16.8. The van der Waals surface area contributed by atoms with Gasteiger partial charge in [-0.05, 0) is 24.6 Å². The van der Waals surface area contributed by atoms with E-state index in [2.05, 4.69) is 5.32 Å². The molecule has 0 aliphatic carbocycles. The first kappa shape index (κ1) is 17.1. The topological polar surface area (TPSA) is 95.9 Å². The summed E-state index contributed by atoms with van der Waals surface area (Å²) in [5.74, 6) is -0.820. The molecular weight excluding hydrogens is 324 g/mol. The molecule has 1 aromatic carbocycles. The van der Waals surface area contributed by atoms with Crippen LogP contribution in [0.25, 0.3) is 0 Å². The van der Waals surface area contributed by atoms with E-state index in [0.717, 1.165) is 0 Å². The highest BCUT2D eigenvalue weighted by atomic mass is 35.5. The van der Waals surface area contributed by atoms with Gasteiger partial charge >= 0.3 is 5.97 Å². The number of amides is 2. The number of rotatable bonds is 7. The van der Waals surface area contributed by atoms with Crippen LogP contribution in [0.4, 0.5) is 5.69 Å². The van der Waals surface area contributed by atoms with Gasteiger partial charge < -0.3 is 20.1 Å². The van der Waals surface area contributed by atoms with Gasteiger partial charge in [0.2, 0.25) is 5.91 Å². The summed E-state index contributed by atoms with van der Waals surface area (Å²) in [6.45, 7) is 0.430. The number of halogens is 1. The van der Waals surface area contributed by atoms with Crippen LogP contribution in [0, 0.1) is 0 Å². The van der Waals surface area contributed by atoms with Crippen molar-refractivity contribution in [3.8, 4) is 5.75 Å². The van der Waals surface area contributed by atoms with Gasteiger partial charge in [-0.25, -0.2) is 0 Å². The lowest BCUT2D eigenvalue weighted by Crippen LogP contribution is -2.41. The number of hydrogen-bond acceptors (Lipinski definition) is 4. The van der Waals surface area contributed by atoms with E-state index < -0.39 is 5.97 Å². The second-order valence-electron chi connectivity index (χ2n) is 5.04. The molecular formula is C15H17ClN2O5. The number of carboxylic acid groups (broad SMARTS) is 1. The zero-order valence-electron chi connectivity index (χ0n) is 12.4. The van der Waals surface area contributed by atoms with Crippen LogP contribution >= 0.6 is 11.6 Å². The molecule has 8 heteroatoms. The van der Waals surface area contributed by atoms with Gasteiger partial charge in [0.25, 0.3) is 5.91 Å². The summed E-state index contributed by atoms with van der Waals surface area (Å²) in [5, 5.41) is 11.6. The molecule has 0 unspecified atom stereocenters. The molecule has 124 valence electrons. The summed E-state index contributed by atoms with van der Waals surface area (Å²) >= 11 is 5.94. The number of carbonyl (C=O) groups is 3. The minimum atomic E-state index is -0.897. The largest absolute Gasteiger partial charge is 0.482 e. The molecule has 0 saturated carbocycles. The summed E-state index contributed by atoms with van der Waals surface area (Å²) in [6, 6.07) is 4.98. The summed E-state index contributed by atoms with van der Waals surface area (Å²) in [6.07, 6.45) is 0.495. The van der Waals surface area contributed by atoms with E-state index in [1.165, 1.54) is 4.90 Å². The van der Waals surface area contributed by atoms with Crippen LogP contribution in [-0.4, -0.2) is 42.6 Å². The van der Waals surface area contributed by atoms with Gasteiger partial charge in [0.15, 0.2) is 6.61 Å². The molecule has 1 aromatic rings. The highest BCUT2D eigenvalue weighted by Gasteiger charge is 2.26. The molecule has 0 atom stereocenters. The van der Waals surface area contributed by atoms with Crippen molar-refractivity contribution in [2.45, 2.75) is 19.3 Å². The standard InChI is InChI=1S/C15H17ClN2O5/c16-10-3-4-12-11(8-10)18(14(20)9-23-12)7-5-13(19)17-6-1-2-15(21)22/h3-4,8H,1-2,5-7,9H2,(H,17,19)(H,21,22). The Bertz CT molecular complexity index is 620. The van der Waals surface area contributed by atoms with Crippen LogP contribution in [0.5, 0.6) is 5.75 Å². The average Bonchev–Trinajstić information content (AvgIpc) is 2.50. The second kappa shape index (κ2) is 7.82. The van der Waals surface area contributed by atoms with Gasteiger partial charge in [0, 0.05) is 31.0 Å². The van der Waals surface area contributed by atoms with Crippen LogP contribution in [0.3, 0.4) is 0 Å². The lowest BCUT2D eigenvalue weighted by molar-refractivity contribution is -0.137. The van der Waals surface area contributed by atoms with E-state index in [9.17, 15) is 14.4 Å². The number of aliphatic carboxylic acids is 1. The van der Waals surface area contributed by atoms with Crippen LogP contribution in [0.15, 0.2) is 18.2 Å². The third-order valence-corrected chi connectivity index (χ3v) is 3.55. The molecule has 1 heterocycles. The summed E-state index contributed by atoms with van der Waals surface area (Å²) in [7, 11) is 0. The normalized spacial score (nSPS) is 13.3. The predicted molar refractivity (Wildman–Crippen MR) is 83.8 cm³/mol. The van der Waals surface area contributed by atoms with Crippen molar-refractivity contribution >= 4 is 35.1 Å². The Morgan fingerprint density at radius 3 is 2.87 bits per heavy atom. The SMILES string of the molecule is O=C(O)CCCNC(=O)CCN1C(=O)COc2ccc(Cl)cc21. The fourth-order valence-electron chi connectivity index (χ4n) is 2.19. The van der Waals surface area contributed by atoms with Gasteiger partial charge in [-0.2, -0.15) is 0 Å². The third-order valence-electron chi connectivity index (χ3n) is 3.32. The van der Waals surface area contributed by atoms with E-state index in [1.807, 2.05) is 0 Å². The highest BCUT2D eigenvalue weighted by molar-refractivity contribution is 6.31. The number of hydrogen-bond donors (Lipinski definition) is 2. The minimum absolute atomic E-state index is 0.00804. The molecule has 2 N–H and O–H groups in total. The molecule has 0 bridgehead atoms. The van der Waals surface area contributed by atoms with Crippen molar-refractivity contribution in [2.24, 2.45) is 0 Å². The van der Waals surface area contributed by atoms with Crippen LogP contribution in [-0.2, 0) is 14.4 Å². The number of benzene rings is 1. The van der Waals surface area contributed by atoms with Crippen molar-refractivity contribution in [2.75, 3.05) is 24.6 Å². The van der Waals surface area contributed by atoms with Crippen molar-refractivity contribution in [3.63, 3.8) is 0 Å². The van der Waals surface area contributed by atoms with E-state index in [-0.39, 0.29) is 37.8 Å². The van der Waals surface area contributed by atoms with Crippen molar-refractivity contribution in [3.05, 3.63) is 23.2 Å². The second-order valence-corrected chi connectivity index (χ2v) is 5.48. The van der Waals surface area contributed by atoms with Gasteiger partial charge in [-0.15, -0.1) is 0 Å². The fourth-order valence-corrected chi connectivity index (χ4v) is 2.36. The van der Waals surface area contributed by atoms with E-state index in [1.54, 1.807) is 18.2 Å². The van der Waals surface area contributed by atoms with E-state index >= 15 is 0 Å². The van der Waals surface area contributed by atoms with Crippen molar-refractivity contribution in [1.82, 2.24) is 5.32 Å². The molecule has 0 spiro atoms. The van der Waals surface area contributed by atoms with Gasteiger partial charge in [0.1, 0.15) is 5.75 Å². The Morgan fingerprint density at radius 1 is 1.35 bits per heavy atom. The molecule has 0 radical (unpaired) electrons. The highest BCUT2D eigenvalue weighted by Crippen LogP contribution is 2.34. The van der Waals surface area contributed by atoms with Gasteiger partial charge in [-0.3, -0.25) is 14.4 Å². The maximum Gasteiger partial charge on any atom is 0.303 e. The number of fused-ring (bicyclic) bond motifs is 1. The van der Waals surface area contributed by atoms with Gasteiger partial charge in [-0.1, -0.05) is 11.6 Å². The smallest absolute Gasteiger partial charge is 0.303 e. The van der Waals surface area contributed by atoms with E-state index in [0.29, 0.717) is 29.4 Å². The van der Waals surface area contributed by atoms with Crippen molar-refractivity contribution in [1.29, 1.82) is 0 Å². The van der Waals surface area contributed by atoms with E-state index in [4.69, 9.17) is 21.4 Å². The lowest BCUT2D eigenvalue weighted by atomic mass is 10.2. The first-order chi connectivity index (χ1) is 11.0. The number of anilines is 1. The maximum atomic E-state index is 12.0. The first-order valence-electron chi connectivity index (χ1n) is 7.18. The number of nitrogens with zero attached hydrogens (tertiary/aromatic N) is 1. The molecule has 0 saturated heterocycles. The quantitative estimate of drug-likeness (QED) is 0.732. The molecule has 23 heavy (non-hydrogen) atoms. The Labute approximate surface area is 138 Å².